The number of fused-ring (bicyclic) bond motifs is 1. The van der Waals surface area contributed by atoms with Gasteiger partial charge in [0.05, 0.1) is 12.1 Å². The zero-order chi connectivity index (χ0) is 15.0. The largest absolute Gasteiger partial charge is 0.478 e. The topological polar surface area (TPSA) is 42.2 Å². The van der Waals surface area contributed by atoms with Gasteiger partial charge in [0, 0.05) is 22.7 Å². The van der Waals surface area contributed by atoms with Gasteiger partial charge in [0.15, 0.2) is 0 Å². The molecule has 5 heteroatoms. The number of hydrogen-bond donors (Lipinski definition) is 1. The van der Waals surface area contributed by atoms with E-state index in [4.69, 9.17) is 5.11 Å². The van der Waals surface area contributed by atoms with Crippen molar-refractivity contribution in [3.05, 3.63) is 71.4 Å². The number of halogens is 2. The summed E-state index contributed by atoms with van der Waals surface area (Å²) in [5.74, 6) is -2.27. The number of aromatic carboxylic acids is 1. The van der Waals surface area contributed by atoms with E-state index in [0.29, 0.717) is 10.9 Å². The molecule has 21 heavy (non-hydrogen) atoms. The first kappa shape index (κ1) is 13.3. The van der Waals surface area contributed by atoms with Crippen LogP contribution in [0, 0.1) is 11.6 Å². The number of carbonyl (C=O) groups is 1. The molecule has 0 bridgehead atoms. The van der Waals surface area contributed by atoms with Crippen LogP contribution in [0.4, 0.5) is 8.78 Å². The lowest BCUT2D eigenvalue weighted by molar-refractivity contribution is 0.0699. The lowest BCUT2D eigenvalue weighted by atomic mass is 10.1. The molecule has 0 aliphatic carbocycles. The van der Waals surface area contributed by atoms with E-state index >= 15 is 0 Å². The number of benzene rings is 2. The number of hydrogen-bond acceptors (Lipinski definition) is 1. The summed E-state index contributed by atoms with van der Waals surface area (Å²) in [7, 11) is 0. The molecule has 0 aliphatic heterocycles. The van der Waals surface area contributed by atoms with Crippen LogP contribution in [-0.2, 0) is 6.54 Å². The average molecular weight is 287 g/mol. The molecule has 3 nitrogen and oxygen atoms in total. The molecular formula is C16H11F2NO2. The van der Waals surface area contributed by atoms with E-state index in [1.165, 1.54) is 24.3 Å². The zero-order valence-corrected chi connectivity index (χ0v) is 10.9. The van der Waals surface area contributed by atoms with E-state index in [2.05, 4.69) is 0 Å². The normalized spacial score (nSPS) is 11.0. The van der Waals surface area contributed by atoms with Crippen molar-refractivity contribution in [2.24, 2.45) is 0 Å². The van der Waals surface area contributed by atoms with Crippen LogP contribution in [0.3, 0.4) is 0 Å². The maximum atomic E-state index is 13.7. The minimum absolute atomic E-state index is 0.00504. The van der Waals surface area contributed by atoms with E-state index in [-0.39, 0.29) is 17.7 Å². The number of carboxylic acids is 1. The summed E-state index contributed by atoms with van der Waals surface area (Å²) in [5.41, 5.74) is 0.744. The Labute approximate surface area is 119 Å². The summed E-state index contributed by atoms with van der Waals surface area (Å²) in [4.78, 5) is 11.2. The van der Waals surface area contributed by atoms with Crippen LogP contribution in [0.5, 0.6) is 0 Å². The summed E-state index contributed by atoms with van der Waals surface area (Å²) in [5, 5.41) is 9.68. The number of nitrogens with zero attached hydrogens (tertiary/aromatic N) is 1. The van der Waals surface area contributed by atoms with Crippen LogP contribution in [0.2, 0.25) is 0 Å². The van der Waals surface area contributed by atoms with E-state index in [0.717, 1.165) is 0 Å². The third-order valence-corrected chi connectivity index (χ3v) is 3.43. The summed E-state index contributed by atoms with van der Waals surface area (Å²) in [6, 6.07) is 10.2. The Morgan fingerprint density at radius 2 is 1.71 bits per heavy atom. The van der Waals surface area contributed by atoms with Gasteiger partial charge in [0.2, 0.25) is 0 Å². The summed E-state index contributed by atoms with van der Waals surface area (Å²) in [6.07, 6.45) is 1.63. The molecule has 0 atom stereocenters. The SMILES string of the molecule is O=C(O)c1cccc2c1ccn2Cc1c(F)cccc1F. The Kier molecular flexibility index (Phi) is 3.17. The van der Waals surface area contributed by atoms with Crippen LogP contribution < -0.4 is 0 Å². The first-order valence-electron chi connectivity index (χ1n) is 6.32. The Balaban J connectivity index is 2.10. The van der Waals surface area contributed by atoms with Gasteiger partial charge in [-0.2, -0.15) is 0 Å². The van der Waals surface area contributed by atoms with Gasteiger partial charge in [-0.3, -0.25) is 0 Å². The van der Waals surface area contributed by atoms with Crippen LogP contribution in [0.15, 0.2) is 48.7 Å². The van der Waals surface area contributed by atoms with Crippen molar-refractivity contribution in [3.8, 4) is 0 Å². The highest BCUT2D eigenvalue weighted by Crippen LogP contribution is 2.23. The molecule has 2 aromatic carbocycles. The van der Waals surface area contributed by atoms with Gasteiger partial charge in [-0.15, -0.1) is 0 Å². The molecule has 0 fully saturated rings. The molecule has 1 aromatic heterocycles. The van der Waals surface area contributed by atoms with E-state index in [1.807, 2.05) is 0 Å². The van der Waals surface area contributed by atoms with Gasteiger partial charge in [-0.25, -0.2) is 13.6 Å². The molecule has 0 saturated carbocycles. The summed E-state index contributed by atoms with van der Waals surface area (Å²) < 4.78 is 29.0. The van der Waals surface area contributed by atoms with Crippen molar-refractivity contribution < 1.29 is 18.7 Å². The van der Waals surface area contributed by atoms with Crippen molar-refractivity contribution in [1.29, 1.82) is 0 Å². The molecular weight excluding hydrogens is 276 g/mol. The maximum absolute atomic E-state index is 13.7. The monoisotopic (exact) mass is 287 g/mol. The highest BCUT2D eigenvalue weighted by Gasteiger charge is 2.13. The fourth-order valence-electron chi connectivity index (χ4n) is 2.40. The average Bonchev–Trinajstić information content (AvgIpc) is 2.86. The first-order valence-corrected chi connectivity index (χ1v) is 6.32. The molecule has 0 unspecified atom stereocenters. The maximum Gasteiger partial charge on any atom is 0.336 e. The van der Waals surface area contributed by atoms with E-state index in [9.17, 15) is 13.6 Å². The lowest BCUT2D eigenvalue weighted by Crippen LogP contribution is -2.04. The van der Waals surface area contributed by atoms with Crippen molar-refractivity contribution in [1.82, 2.24) is 4.57 Å². The van der Waals surface area contributed by atoms with Crippen LogP contribution in [0.25, 0.3) is 10.9 Å². The van der Waals surface area contributed by atoms with Gasteiger partial charge < -0.3 is 9.67 Å². The molecule has 106 valence electrons. The van der Waals surface area contributed by atoms with Gasteiger partial charge in [0.25, 0.3) is 0 Å². The number of carboxylic acid groups (broad SMARTS) is 1. The third-order valence-electron chi connectivity index (χ3n) is 3.43. The van der Waals surface area contributed by atoms with Gasteiger partial charge >= 0.3 is 5.97 Å². The fourth-order valence-corrected chi connectivity index (χ4v) is 2.40. The minimum atomic E-state index is -1.03. The van der Waals surface area contributed by atoms with Crippen LogP contribution in [0.1, 0.15) is 15.9 Å². The first-order chi connectivity index (χ1) is 10.1. The molecule has 0 spiro atoms. The number of rotatable bonds is 3. The van der Waals surface area contributed by atoms with E-state index in [1.54, 1.807) is 29.0 Å². The van der Waals surface area contributed by atoms with E-state index < -0.39 is 17.6 Å². The Morgan fingerprint density at radius 1 is 1.05 bits per heavy atom. The second kappa shape index (κ2) is 5.01. The van der Waals surface area contributed by atoms with Gasteiger partial charge in [0.1, 0.15) is 11.6 Å². The fraction of sp³-hybridized carbons (Fsp3) is 0.0625. The second-order valence-corrected chi connectivity index (χ2v) is 4.69. The Bertz CT molecular complexity index is 819. The summed E-state index contributed by atoms with van der Waals surface area (Å²) >= 11 is 0. The standard InChI is InChI=1S/C16H11F2NO2/c17-13-4-2-5-14(18)12(13)9-19-8-7-10-11(16(20)21)3-1-6-15(10)19/h1-8H,9H2,(H,20,21). The minimum Gasteiger partial charge on any atom is -0.478 e. The number of aromatic nitrogens is 1. The molecule has 0 aliphatic rings. The lowest BCUT2D eigenvalue weighted by Gasteiger charge is -2.08. The highest BCUT2D eigenvalue weighted by atomic mass is 19.1. The molecule has 1 N–H and O–H groups in total. The van der Waals surface area contributed by atoms with Crippen molar-refractivity contribution in [2.45, 2.75) is 6.54 Å². The van der Waals surface area contributed by atoms with Gasteiger partial charge in [-0.05, 0) is 30.3 Å². The zero-order valence-electron chi connectivity index (χ0n) is 10.9. The third kappa shape index (κ3) is 2.27. The molecule has 0 amide bonds. The molecule has 3 rings (SSSR count). The molecule has 0 radical (unpaired) electrons. The van der Waals surface area contributed by atoms with Crippen molar-refractivity contribution >= 4 is 16.9 Å². The smallest absolute Gasteiger partial charge is 0.336 e. The quantitative estimate of drug-likeness (QED) is 0.798. The highest BCUT2D eigenvalue weighted by molar-refractivity contribution is 6.02. The van der Waals surface area contributed by atoms with Crippen molar-refractivity contribution in [2.75, 3.05) is 0 Å². The predicted octanol–water partition coefficient (Wildman–Crippen LogP) is 3.67. The molecule has 3 aromatic rings. The van der Waals surface area contributed by atoms with Crippen molar-refractivity contribution in [3.63, 3.8) is 0 Å². The molecule has 1 heterocycles. The molecule has 0 saturated heterocycles. The second-order valence-electron chi connectivity index (χ2n) is 4.69. The van der Waals surface area contributed by atoms with Crippen LogP contribution >= 0.6 is 0 Å². The predicted molar refractivity (Wildman–Crippen MR) is 74.4 cm³/mol. The Hall–Kier alpha value is -2.69. The Morgan fingerprint density at radius 3 is 2.38 bits per heavy atom. The summed E-state index contributed by atoms with van der Waals surface area (Å²) in [6.45, 7) is 0.00504. The van der Waals surface area contributed by atoms with Crippen LogP contribution in [-0.4, -0.2) is 15.6 Å². The van der Waals surface area contributed by atoms with Gasteiger partial charge in [-0.1, -0.05) is 12.1 Å².